The molecule has 0 aromatic heterocycles. The number of unbranched alkanes of at least 4 members (excludes halogenated alkanes) is 1. The van der Waals surface area contributed by atoms with E-state index < -0.39 is 9.84 Å². The fourth-order valence-corrected chi connectivity index (χ4v) is 7.26. The number of sulfone groups is 1. The van der Waals surface area contributed by atoms with Gasteiger partial charge in [-0.2, -0.15) is 0 Å². The van der Waals surface area contributed by atoms with Gasteiger partial charge in [0.2, 0.25) is 0 Å². The van der Waals surface area contributed by atoms with Crippen molar-refractivity contribution in [3.05, 3.63) is 59.7 Å². The maximum Gasteiger partial charge on any atom is 0.179 e. The van der Waals surface area contributed by atoms with Gasteiger partial charge in [-0.1, -0.05) is 63.9 Å². The van der Waals surface area contributed by atoms with Gasteiger partial charge in [-0.25, -0.2) is 8.42 Å². The SMILES string of the molecule is CCCCC1(CC)CS(=O)(=O)c2ccc(NO)cc2C(c2ccccc2)C1C. The Labute approximate surface area is 168 Å². The standard InChI is InChI=1S/C23H31NO3S/c1-4-6-14-23(5-2)16-28(26,27)21-13-12-19(24-25)15-20(21)22(17(23)3)18-10-8-7-9-11-18/h7-13,15,17,22,24-25H,4-6,14,16H2,1-3H3. The molecule has 5 heteroatoms. The van der Waals surface area contributed by atoms with Gasteiger partial charge < -0.3 is 0 Å². The van der Waals surface area contributed by atoms with Crippen molar-refractivity contribution in [3.8, 4) is 0 Å². The molecule has 152 valence electrons. The summed E-state index contributed by atoms with van der Waals surface area (Å²) in [5.74, 6) is 0.287. The third kappa shape index (κ3) is 3.70. The first kappa shape index (κ1) is 20.9. The fourth-order valence-electron chi connectivity index (χ4n) is 4.91. The van der Waals surface area contributed by atoms with E-state index in [0.717, 1.165) is 36.8 Å². The molecule has 0 amide bonds. The lowest BCUT2D eigenvalue weighted by atomic mass is 9.64. The average molecular weight is 402 g/mol. The van der Waals surface area contributed by atoms with E-state index in [2.05, 4.69) is 38.4 Å². The van der Waals surface area contributed by atoms with Crippen LogP contribution in [0.3, 0.4) is 0 Å². The number of hydrogen-bond donors (Lipinski definition) is 2. The first-order valence-corrected chi connectivity index (χ1v) is 11.9. The van der Waals surface area contributed by atoms with Crippen molar-refractivity contribution >= 4 is 15.5 Å². The van der Waals surface area contributed by atoms with Gasteiger partial charge in [-0.15, -0.1) is 0 Å². The molecule has 28 heavy (non-hydrogen) atoms. The summed E-state index contributed by atoms with van der Waals surface area (Å²) in [6, 6.07) is 15.3. The topological polar surface area (TPSA) is 66.4 Å². The smallest absolute Gasteiger partial charge is 0.179 e. The second-order valence-corrected chi connectivity index (χ2v) is 10.1. The predicted octanol–water partition coefficient (Wildman–Crippen LogP) is 5.63. The number of hydrogen-bond acceptors (Lipinski definition) is 4. The third-order valence-corrected chi connectivity index (χ3v) is 8.64. The van der Waals surface area contributed by atoms with Gasteiger partial charge in [0.15, 0.2) is 9.84 Å². The zero-order valence-electron chi connectivity index (χ0n) is 17.0. The molecule has 3 rings (SSSR count). The molecule has 1 aliphatic heterocycles. The molecule has 2 aromatic rings. The minimum absolute atomic E-state index is 0.0430. The quantitative estimate of drug-likeness (QED) is 0.616. The molecule has 1 heterocycles. The fraction of sp³-hybridized carbons (Fsp3) is 0.478. The van der Waals surface area contributed by atoms with E-state index in [-0.39, 0.29) is 23.0 Å². The van der Waals surface area contributed by atoms with E-state index in [4.69, 9.17) is 0 Å². The number of rotatable bonds is 6. The molecule has 0 saturated carbocycles. The molecule has 0 saturated heterocycles. The summed E-state index contributed by atoms with van der Waals surface area (Å²) < 4.78 is 26.9. The third-order valence-electron chi connectivity index (χ3n) is 6.64. The van der Waals surface area contributed by atoms with Crippen LogP contribution in [-0.2, 0) is 9.84 Å². The maximum absolute atomic E-state index is 13.5. The molecule has 0 radical (unpaired) electrons. The second-order valence-electron chi connectivity index (χ2n) is 8.12. The normalized spacial score (nSPS) is 26.3. The molecule has 2 aromatic carbocycles. The zero-order valence-corrected chi connectivity index (χ0v) is 17.8. The molecule has 0 bridgehead atoms. The molecule has 0 fully saturated rings. The summed E-state index contributed by atoms with van der Waals surface area (Å²) >= 11 is 0. The minimum Gasteiger partial charge on any atom is -0.291 e. The van der Waals surface area contributed by atoms with Crippen LogP contribution in [0.25, 0.3) is 0 Å². The summed E-state index contributed by atoms with van der Waals surface area (Å²) in [6.07, 6.45) is 3.81. The van der Waals surface area contributed by atoms with Crippen LogP contribution >= 0.6 is 0 Å². The zero-order chi connectivity index (χ0) is 20.4. The van der Waals surface area contributed by atoms with E-state index >= 15 is 0 Å². The molecule has 1 aliphatic rings. The van der Waals surface area contributed by atoms with Gasteiger partial charge in [-0.3, -0.25) is 10.7 Å². The lowest BCUT2D eigenvalue weighted by molar-refractivity contribution is 0.160. The van der Waals surface area contributed by atoms with Crippen molar-refractivity contribution in [1.82, 2.24) is 0 Å². The van der Waals surface area contributed by atoms with E-state index in [1.165, 1.54) is 0 Å². The Morgan fingerprint density at radius 2 is 1.86 bits per heavy atom. The Bertz CT molecular complexity index is 911. The Morgan fingerprint density at radius 3 is 2.46 bits per heavy atom. The highest BCUT2D eigenvalue weighted by molar-refractivity contribution is 7.91. The predicted molar refractivity (Wildman–Crippen MR) is 114 cm³/mol. The van der Waals surface area contributed by atoms with Crippen molar-refractivity contribution in [2.75, 3.05) is 11.2 Å². The monoisotopic (exact) mass is 401 g/mol. The summed E-state index contributed by atoms with van der Waals surface area (Å²) in [5.41, 5.74) is 4.33. The van der Waals surface area contributed by atoms with Crippen LogP contribution in [0, 0.1) is 11.3 Å². The molecular weight excluding hydrogens is 370 g/mol. The first-order chi connectivity index (χ1) is 13.4. The van der Waals surface area contributed by atoms with Gasteiger partial charge in [0, 0.05) is 5.92 Å². The largest absolute Gasteiger partial charge is 0.291 e. The van der Waals surface area contributed by atoms with E-state index in [0.29, 0.717) is 10.6 Å². The van der Waals surface area contributed by atoms with Crippen LogP contribution < -0.4 is 5.48 Å². The van der Waals surface area contributed by atoms with Crippen molar-refractivity contribution in [2.45, 2.75) is 57.3 Å². The molecule has 0 spiro atoms. The van der Waals surface area contributed by atoms with Gasteiger partial charge in [-0.05, 0) is 53.5 Å². The van der Waals surface area contributed by atoms with Crippen molar-refractivity contribution in [1.29, 1.82) is 0 Å². The highest BCUT2D eigenvalue weighted by Crippen LogP contribution is 2.52. The first-order valence-electron chi connectivity index (χ1n) is 10.2. The molecule has 3 unspecified atom stereocenters. The van der Waals surface area contributed by atoms with Crippen LogP contribution in [0.2, 0.25) is 0 Å². The van der Waals surface area contributed by atoms with E-state index in [1.807, 2.05) is 18.2 Å². The minimum atomic E-state index is -3.44. The number of benzene rings is 2. The van der Waals surface area contributed by atoms with Gasteiger partial charge >= 0.3 is 0 Å². The molecule has 0 aliphatic carbocycles. The second kappa shape index (κ2) is 8.26. The molecule has 4 nitrogen and oxygen atoms in total. The number of anilines is 1. The molecule has 2 N–H and O–H groups in total. The van der Waals surface area contributed by atoms with Crippen LogP contribution in [0.5, 0.6) is 0 Å². The van der Waals surface area contributed by atoms with E-state index in [1.54, 1.807) is 18.2 Å². The summed E-state index contributed by atoms with van der Waals surface area (Å²) in [6.45, 7) is 6.49. The highest BCUT2D eigenvalue weighted by Gasteiger charge is 2.47. The van der Waals surface area contributed by atoms with Crippen molar-refractivity contribution in [3.63, 3.8) is 0 Å². The molecular formula is C23H31NO3S. The molecule has 3 atom stereocenters. The Balaban J connectivity index is 2.29. The lowest BCUT2D eigenvalue weighted by Gasteiger charge is -2.41. The highest BCUT2D eigenvalue weighted by atomic mass is 32.2. The van der Waals surface area contributed by atoms with Gasteiger partial charge in [0.05, 0.1) is 16.3 Å². The van der Waals surface area contributed by atoms with Crippen molar-refractivity contribution in [2.24, 2.45) is 11.3 Å². The summed E-state index contributed by atoms with van der Waals surface area (Å²) in [4.78, 5) is 0.402. The maximum atomic E-state index is 13.5. The van der Waals surface area contributed by atoms with Gasteiger partial charge in [0.1, 0.15) is 0 Å². The number of fused-ring (bicyclic) bond motifs is 1. The number of nitrogens with one attached hydrogen (secondary N) is 1. The van der Waals surface area contributed by atoms with Gasteiger partial charge in [0.25, 0.3) is 0 Å². The Kier molecular flexibility index (Phi) is 6.15. The van der Waals surface area contributed by atoms with E-state index in [9.17, 15) is 13.6 Å². The van der Waals surface area contributed by atoms with Crippen LogP contribution in [0.15, 0.2) is 53.4 Å². The Morgan fingerprint density at radius 1 is 1.14 bits per heavy atom. The summed E-state index contributed by atoms with van der Waals surface area (Å²) in [5, 5.41) is 9.43. The van der Waals surface area contributed by atoms with Crippen LogP contribution in [0.4, 0.5) is 5.69 Å². The summed E-state index contributed by atoms with van der Waals surface area (Å²) in [7, 11) is -3.44. The van der Waals surface area contributed by atoms with Crippen molar-refractivity contribution < 1.29 is 13.6 Å². The Hall–Kier alpha value is -1.85. The van der Waals surface area contributed by atoms with Crippen LogP contribution in [-0.4, -0.2) is 19.4 Å². The lowest BCUT2D eigenvalue weighted by Crippen LogP contribution is -2.37. The average Bonchev–Trinajstić information content (AvgIpc) is 2.78. The van der Waals surface area contributed by atoms with Crippen LogP contribution in [0.1, 0.15) is 63.5 Å².